The van der Waals surface area contributed by atoms with E-state index < -0.39 is 5.91 Å². The number of hydrogen-bond acceptors (Lipinski definition) is 4. The summed E-state index contributed by atoms with van der Waals surface area (Å²) in [5.41, 5.74) is 3.69. The standard InChI is InChI=1S/C17H16IN3O3/c1-24-13-6-4-5-12(9-13)10-20-21-16(22)11-19-17(23)14-7-2-3-8-15(14)18/h2-10H,11H2,1H3,(H,19,23)(H,21,22)/b20-10-. The SMILES string of the molecule is COc1cccc(/C=N\NC(=O)CNC(=O)c2ccccc2I)c1. The number of amides is 2. The highest BCUT2D eigenvalue weighted by molar-refractivity contribution is 14.1. The summed E-state index contributed by atoms with van der Waals surface area (Å²) < 4.78 is 5.92. The molecular weight excluding hydrogens is 421 g/mol. The molecule has 0 atom stereocenters. The van der Waals surface area contributed by atoms with Crippen molar-refractivity contribution in [1.29, 1.82) is 0 Å². The topological polar surface area (TPSA) is 79.8 Å². The van der Waals surface area contributed by atoms with Crippen molar-refractivity contribution in [3.8, 4) is 5.75 Å². The molecule has 0 saturated carbocycles. The number of ether oxygens (including phenoxy) is 1. The number of hydrazone groups is 1. The van der Waals surface area contributed by atoms with E-state index in [1.165, 1.54) is 6.21 Å². The lowest BCUT2D eigenvalue weighted by Gasteiger charge is -2.05. The number of nitrogens with one attached hydrogen (secondary N) is 2. The van der Waals surface area contributed by atoms with Gasteiger partial charge in [0.25, 0.3) is 11.8 Å². The van der Waals surface area contributed by atoms with Gasteiger partial charge in [-0.2, -0.15) is 5.10 Å². The molecule has 2 rings (SSSR count). The quantitative estimate of drug-likeness (QED) is 0.413. The minimum absolute atomic E-state index is 0.154. The predicted octanol–water partition coefficient (Wildman–Crippen LogP) is 2.18. The molecule has 124 valence electrons. The Morgan fingerprint density at radius 2 is 2.00 bits per heavy atom. The number of carbonyl (C=O) groups is 2. The van der Waals surface area contributed by atoms with E-state index >= 15 is 0 Å². The molecular formula is C17H16IN3O3. The first-order valence-corrected chi connectivity index (χ1v) is 8.16. The molecule has 0 fully saturated rings. The van der Waals surface area contributed by atoms with Crippen LogP contribution in [0.4, 0.5) is 0 Å². The second-order valence-electron chi connectivity index (χ2n) is 4.73. The van der Waals surface area contributed by atoms with Crippen molar-refractivity contribution < 1.29 is 14.3 Å². The fourth-order valence-electron chi connectivity index (χ4n) is 1.84. The largest absolute Gasteiger partial charge is 0.497 e. The van der Waals surface area contributed by atoms with Gasteiger partial charge in [-0.05, 0) is 52.4 Å². The summed E-state index contributed by atoms with van der Waals surface area (Å²) in [7, 11) is 1.58. The number of methoxy groups -OCH3 is 1. The number of nitrogens with zero attached hydrogens (tertiary/aromatic N) is 1. The zero-order chi connectivity index (χ0) is 17.4. The Morgan fingerprint density at radius 1 is 1.21 bits per heavy atom. The Balaban J connectivity index is 1.82. The second kappa shape index (κ2) is 9.02. The van der Waals surface area contributed by atoms with Crippen molar-refractivity contribution in [3.05, 3.63) is 63.2 Å². The molecule has 0 aliphatic carbocycles. The highest BCUT2D eigenvalue weighted by Gasteiger charge is 2.10. The van der Waals surface area contributed by atoms with E-state index in [-0.39, 0.29) is 12.5 Å². The van der Waals surface area contributed by atoms with Crippen LogP contribution in [0, 0.1) is 3.57 Å². The van der Waals surface area contributed by atoms with Crippen LogP contribution in [0.2, 0.25) is 0 Å². The zero-order valence-corrected chi connectivity index (χ0v) is 15.1. The maximum atomic E-state index is 12.0. The molecule has 2 N–H and O–H groups in total. The van der Waals surface area contributed by atoms with Crippen LogP contribution in [0.3, 0.4) is 0 Å². The van der Waals surface area contributed by atoms with Crippen LogP contribution in [0.15, 0.2) is 53.6 Å². The fraction of sp³-hybridized carbons (Fsp3) is 0.118. The maximum Gasteiger partial charge on any atom is 0.259 e. The summed E-state index contributed by atoms with van der Waals surface area (Å²) in [4.78, 5) is 23.7. The van der Waals surface area contributed by atoms with Crippen molar-refractivity contribution in [3.63, 3.8) is 0 Å². The first-order valence-electron chi connectivity index (χ1n) is 7.09. The zero-order valence-electron chi connectivity index (χ0n) is 13.0. The van der Waals surface area contributed by atoms with Gasteiger partial charge in [-0.3, -0.25) is 9.59 Å². The minimum atomic E-state index is -0.409. The number of rotatable bonds is 6. The van der Waals surface area contributed by atoms with Gasteiger partial charge in [0.05, 0.1) is 25.4 Å². The monoisotopic (exact) mass is 437 g/mol. The van der Waals surface area contributed by atoms with Crippen LogP contribution >= 0.6 is 22.6 Å². The molecule has 0 bridgehead atoms. The lowest BCUT2D eigenvalue weighted by atomic mass is 10.2. The van der Waals surface area contributed by atoms with Gasteiger partial charge in [-0.15, -0.1) is 0 Å². The van der Waals surface area contributed by atoms with E-state index in [2.05, 4.69) is 38.4 Å². The van der Waals surface area contributed by atoms with E-state index in [1.54, 1.807) is 25.3 Å². The van der Waals surface area contributed by atoms with E-state index in [1.807, 2.05) is 30.3 Å². The smallest absolute Gasteiger partial charge is 0.259 e. The summed E-state index contributed by atoms with van der Waals surface area (Å²) in [6.07, 6.45) is 1.50. The number of carbonyl (C=O) groups excluding carboxylic acids is 2. The summed E-state index contributed by atoms with van der Waals surface area (Å²) in [6.45, 7) is -0.154. The fourth-order valence-corrected chi connectivity index (χ4v) is 2.47. The molecule has 0 aliphatic heterocycles. The molecule has 7 heteroatoms. The third-order valence-electron chi connectivity index (χ3n) is 3.02. The molecule has 0 radical (unpaired) electrons. The average Bonchev–Trinajstić information content (AvgIpc) is 2.60. The van der Waals surface area contributed by atoms with E-state index in [0.717, 1.165) is 9.13 Å². The number of hydrogen-bond donors (Lipinski definition) is 2. The van der Waals surface area contributed by atoms with Crippen LogP contribution in [-0.2, 0) is 4.79 Å². The molecule has 0 spiro atoms. The first kappa shape index (κ1) is 17.9. The molecule has 0 aromatic heterocycles. The third kappa shape index (κ3) is 5.34. The van der Waals surface area contributed by atoms with E-state index in [4.69, 9.17) is 4.74 Å². The van der Waals surface area contributed by atoms with Gasteiger partial charge in [0, 0.05) is 3.57 Å². The molecule has 2 aromatic rings. The summed E-state index contributed by atoms with van der Waals surface area (Å²) >= 11 is 2.07. The van der Waals surface area contributed by atoms with E-state index in [0.29, 0.717) is 11.3 Å². The van der Waals surface area contributed by atoms with Crippen molar-refractivity contribution in [1.82, 2.24) is 10.7 Å². The maximum absolute atomic E-state index is 12.0. The third-order valence-corrected chi connectivity index (χ3v) is 3.97. The Bertz CT molecular complexity index is 762. The Labute approximate surface area is 153 Å². The minimum Gasteiger partial charge on any atom is -0.497 e. The molecule has 0 aliphatic rings. The predicted molar refractivity (Wildman–Crippen MR) is 100 cm³/mol. The van der Waals surface area contributed by atoms with Crippen LogP contribution in [0.1, 0.15) is 15.9 Å². The van der Waals surface area contributed by atoms with Crippen molar-refractivity contribution in [2.75, 3.05) is 13.7 Å². The van der Waals surface area contributed by atoms with Gasteiger partial charge in [0.2, 0.25) is 0 Å². The summed E-state index contributed by atoms with van der Waals surface area (Å²) in [5, 5.41) is 6.41. The highest BCUT2D eigenvalue weighted by Crippen LogP contribution is 2.11. The molecule has 6 nitrogen and oxygen atoms in total. The van der Waals surface area contributed by atoms with Crippen molar-refractivity contribution >= 4 is 40.6 Å². The van der Waals surface area contributed by atoms with Gasteiger partial charge in [-0.1, -0.05) is 24.3 Å². The number of halogens is 1. The van der Waals surface area contributed by atoms with E-state index in [9.17, 15) is 9.59 Å². The van der Waals surface area contributed by atoms with Crippen LogP contribution in [0.25, 0.3) is 0 Å². The second-order valence-corrected chi connectivity index (χ2v) is 5.89. The van der Waals surface area contributed by atoms with Crippen LogP contribution in [0.5, 0.6) is 5.75 Å². The van der Waals surface area contributed by atoms with Gasteiger partial charge in [0.1, 0.15) is 5.75 Å². The highest BCUT2D eigenvalue weighted by atomic mass is 127. The normalized spacial score (nSPS) is 10.4. The Hall–Kier alpha value is -2.42. The van der Waals surface area contributed by atoms with Crippen LogP contribution < -0.4 is 15.5 Å². The molecule has 0 heterocycles. The Morgan fingerprint density at radius 3 is 2.75 bits per heavy atom. The summed E-state index contributed by atoms with van der Waals surface area (Å²) in [6, 6.07) is 14.4. The lowest BCUT2D eigenvalue weighted by molar-refractivity contribution is -0.120. The van der Waals surface area contributed by atoms with Gasteiger partial charge in [0.15, 0.2) is 0 Å². The molecule has 2 aromatic carbocycles. The van der Waals surface area contributed by atoms with Crippen molar-refractivity contribution in [2.45, 2.75) is 0 Å². The number of benzene rings is 2. The lowest BCUT2D eigenvalue weighted by Crippen LogP contribution is -2.35. The molecule has 0 unspecified atom stereocenters. The Kier molecular flexibility index (Phi) is 6.74. The van der Waals surface area contributed by atoms with Crippen molar-refractivity contribution in [2.24, 2.45) is 5.10 Å². The van der Waals surface area contributed by atoms with Gasteiger partial charge >= 0.3 is 0 Å². The van der Waals surface area contributed by atoms with Gasteiger partial charge < -0.3 is 10.1 Å². The molecule has 0 saturated heterocycles. The molecule has 24 heavy (non-hydrogen) atoms. The summed E-state index contributed by atoms with van der Waals surface area (Å²) in [5.74, 6) is -0.00429. The molecule has 2 amide bonds. The van der Waals surface area contributed by atoms with Gasteiger partial charge in [-0.25, -0.2) is 5.43 Å². The first-order chi connectivity index (χ1) is 11.6. The van der Waals surface area contributed by atoms with Crippen LogP contribution in [-0.4, -0.2) is 31.7 Å². The average molecular weight is 437 g/mol.